The van der Waals surface area contributed by atoms with E-state index in [0.29, 0.717) is 30.9 Å². The van der Waals surface area contributed by atoms with Gasteiger partial charge in [-0.1, -0.05) is 11.6 Å². The number of nitrogens with one attached hydrogen (secondary N) is 1. The van der Waals surface area contributed by atoms with Gasteiger partial charge >= 0.3 is 0 Å². The molecule has 1 aromatic carbocycles. The third-order valence-electron chi connectivity index (χ3n) is 3.00. The summed E-state index contributed by atoms with van der Waals surface area (Å²) in [4.78, 5) is 16.2. The molecule has 1 aromatic heterocycles. The zero-order valence-electron chi connectivity index (χ0n) is 10.3. The fourth-order valence-corrected chi connectivity index (χ4v) is 3.52. The third-order valence-corrected chi connectivity index (χ3v) is 4.52. The fraction of sp³-hybridized carbons (Fsp3) is 0. The van der Waals surface area contributed by atoms with E-state index < -0.39 is 0 Å². The van der Waals surface area contributed by atoms with Crippen molar-refractivity contribution < 1.29 is 9.90 Å². The number of hydrogen-bond acceptors (Lipinski definition) is 3. The predicted molar refractivity (Wildman–Crippen MR) is 89.3 cm³/mol. The molecule has 4 nitrogen and oxygen atoms in total. The molecule has 1 aliphatic rings. The maximum atomic E-state index is 12.1. The number of halogens is 3. The van der Waals surface area contributed by atoms with Gasteiger partial charge in [0, 0.05) is 11.8 Å². The Morgan fingerprint density at radius 2 is 1.95 bits per heavy atom. The molecule has 2 heterocycles. The second kappa shape index (κ2) is 5.44. The molecule has 21 heavy (non-hydrogen) atoms. The van der Waals surface area contributed by atoms with Crippen LogP contribution in [0.2, 0.25) is 5.02 Å². The Morgan fingerprint density at radius 1 is 1.29 bits per heavy atom. The highest BCUT2D eigenvalue weighted by molar-refractivity contribution is 9.11. The summed E-state index contributed by atoms with van der Waals surface area (Å²) in [6.45, 7) is 0. The van der Waals surface area contributed by atoms with Crippen LogP contribution in [0.3, 0.4) is 0 Å². The average Bonchev–Trinajstić information content (AvgIpc) is 2.74. The first-order valence-corrected chi connectivity index (χ1v) is 7.79. The van der Waals surface area contributed by atoms with Crippen LogP contribution < -0.4 is 5.32 Å². The van der Waals surface area contributed by atoms with E-state index in [0.717, 1.165) is 5.56 Å². The summed E-state index contributed by atoms with van der Waals surface area (Å²) in [5.41, 5.74) is 1.77. The van der Waals surface area contributed by atoms with Crippen molar-refractivity contribution in [3.05, 3.63) is 49.5 Å². The number of phenolic OH excluding ortho intramolecular Hbond substituents is 1. The molecule has 0 unspecified atom stereocenters. The minimum absolute atomic E-state index is 0.105. The van der Waals surface area contributed by atoms with Crippen LogP contribution in [-0.4, -0.2) is 16.0 Å². The van der Waals surface area contributed by atoms with Gasteiger partial charge in [0.1, 0.15) is 11.6 Å². The van der Waals surface area contributed by atoms with Crippen LogP contribution in [0.4, 0.5) is 5.82 Å². The number of fused-ring (bicyclic) bond motifs is 1. The number of aromatic hydroxyl groups is 1. The molecule has 7 heteroatoms. The molecule has 2 N–H and O–H groups in total. The number of anilines is 1. The number of rotatable bonds is 1. The van der Waals surface area contributed by atoms with Gasteiger partial charge in [-0.2, -0.15) is 0 Å². The third kappa shape index (κ3) is 2.59. The van der Waals surface area contributed by atoms with Crippen LogP contribution in [0.15, 0.2) is 33.3 Å². The normalized spacial score (nSPS) is 15.2. The van der Waals surface area contributed by atoms with Crippen LogP contribution in [0.25, 0.3) is 11.6 Å². The van der Waals surface area contributed by atoms with E-state index >= 15 is 0 Å². The summed E-state index contributed by atoms with van der Waals surface area (Å²) in [7, 11) is 0. The van der Waals surface area contributed by atoms with Gasteiger partial charge in [-0.05, 0) is 61.7 Å². The topological polar surface area (TPSA) is 62.2 Å². The molecule has 1 aliphatic heterocycles. The molecule has 0 fully saturated rings. The van der Waals surface area contributed by atoms with Crippen molar-refractivity contribution in [2.45, 2.75) is 0 Å². The Kier molecular flexibility index (Phi) is 3.77. The largest absolute Gasteiger partial charge is 0.506 e. The Hall–Kier alpha value is -1.37. The fourth-order valence-electron chi connectivity index (χ4n) is 2.05. The molecule has 3 rings (SSSR count). The van der Waals surface area contributed by atoms with Crippen LogP contribution in [-0.2, 0) is 4.79 Å². The van der Waals surface area contributed by atoms with Crippen molar-refractivity contribution in [3.63, 3.8) is 0 Å². The van der Waals surface area contributed by atoms with Crippen molar-refractivity contribution >= 4 is 66.8 Å². The second-order valence-corrected chi connectivity index (χ2v) is 6.48. The van der Waals surface area contributed by atoms with Gasteiger partial charge in [-0.15, -0.1) is 0 Å². The summed E-state index contributed by atoms with van der Waals surface area (Å²) >= 11 is 12.7. The van der Waals surface area contributed by atoms with E-state index in [1.165, 1.54) is 6.20 Å². The molecule has 0 spiro atoms. The molecule has 0 bridgehead atoms. The molecule has 1 amide bonds. The monoisotopic (exact) mass is 428 g/mol. The summed E-state index contributed by atoms with van der Waals surface area (Å²) in [5, 5.41) is 12.9. The van der Waals surface area contributed by atoms with E-state index in [9.17, 15) is 9.90 Å². The molecule has 0 saturated carbocycles. The van der Waals surface area contributed by atoms with Gasteiger partial charge in [0.2, 0.25) is 0 Å². The average molecular weight is 430 g/mol. The van der Waals surface area contributed by atoms with Gasteiger partial charge in [-0.3, -0.25) is 4.79 Å². The van der Waals surface area contributed by atoms with Gasteiger partial charge in [0.25, 0.3) is 5.91 Å². The van der Waals surface area contributed by atoms with E-state index in [4.69, 9.17) is 11.6 Å². The Bertz CT molecular complexity index is 783. The first-order valence-electron chi connectivity index (χ1n) is 5.83. The van der Waals surface area contributed by atoms with Gasteiger partial charge in [-0.25, -0.2) is 4.98 Å². The number of carbonyl (C=O) groups excluding carboxylic acids is 1. The zero-order chi connectivity index (χ0) is 15.1. The molecule has 0 aliphatic carbocycles. The molecular weight excluding hydrogens is 423 g/mol. The van der Waals surface area contributed by atoms with Gasteiger partial charge in [0.05, 0.1) is 19.5 Å². The van der Waals surface area contributed by atoms with Crippen molar-refractivity contribution in [1.29, 1.82) is 0 Å². The van der Waals surface area contributed by atoms with Crippen molar-refractivity contribution in [2.24, 2.45) is 0 Å². The number of hydrogen-bond donors (Lipinski definition) is 2. The highest BCUT2D eigenvalue weighted by atomic mass is 79.9. The predicted octanol–water partition coefficient (Wildman–Crippen LogP) is 4.46. The number of amides is 1. The molecule has 106 valence electrons. The summed E-state index contributed by atoms with van der Waals surface area (Å²) in [5.74, 6) is 0.301. The smallest absolute Gasteiger partial charge is 0.257 e. The number of aromatic nitrogens is 1. The minimum Gasteiger partial charge on any atom is -0.506 e. The first-order chi connectivity index (χ1) is 9.97. The molecule has 0 atom stereocenters. The SMILES string of the molecule is O=C1Nc2nccc(Cl)c2/C1=C\c1cc(Br)c(O)c(Br)c1. The van der Waals surface area contributed by atoms with Crippen LogP contribution >= 0.6 is 43.5 Å². The van der Waals surface area contributed by atoms with Crippen LogP contribution in [0.5, 0.6) is 5.75 Å². The maximum absolute atomic E-state index is 12.1. The zero-order valence-corrected chi connectivity index (χ0v) is 14.3. The van der Waals surface area contributed by atoms with E-state index in [-0.39, 0.29) is 11.7 Å². The van der Waals surface area contributed by atoms with E-state index in [1.807, 2.05) is 0 Å². The number of pyridine rings is 1. The lowest BCUT2D eigenvalue weighted by molar-refractivity contribution is -0.110. The summed E-state index contributed by atoms with van der Waals surface area (Å²) in [6, 6.07) is 5.06. The van der Waals surface area contributed by atoms with E-state index in [1.54, 1.807) is 24.3 Å². The van der Waals surface area contributed by atoms with Crippen molar-refractivity contribution in [1.82, 2.24) is 4.98 Å². The summed E-state index contributed by atoms with van der Waals surface area (Å²) in [6.07, 6.45) is 3.24. The lowest BCUT2D eigenvalue weighted by Crippen LogP contribution is -2.04. The minimum atomic E-state index is -0.258. The maximum Gasteiger partial charge on any atom is 0.257 e. The number of nitrogens with zero attached hydrogens (tertiary/aromatic N) is 1. The molecule has 0 radical (unpaired) electrons. The highest BCUT2D eigenvalue weighted by Gasteiger charge is 2.27. The standard InChI is InChI=1S/C14H7Br2ClN2O2/c15-8-4-6(5-9(16)12(8)20)3-7-11-10(17)1-2-18-13(11)19-14(7)21/h1-5,20H,(H,18,19,21)/b7-3+. The number of benzene rings is 1. The second-order valence-electron chi connectivity index (χ2n) is 4.36. The van der Waals surface area contributed by atoms with E-state index in [2.05, 4.69) is 42.2 Å². The lowest BCUT2D eigenvalue weighted by atomic mass is 10.1. The number of carbonyl (C=O) groups is 1. The molecule has 2 aromatic rings. The lowest BCUT2D eigenvalue weighted by Gasteiger charge is -2.04. The van der Waals surface area contributed by atoms with Gasteiger partial charge < -0.3 is 10.4 Å². The van der Waals surface area contributed by atoms with Crippen molar-refractivity contribution in [2.75, 3.05) is 5.32 Å². The Balaban J connectivity index is 2.16. The van der Waals surface area contributed by atoms with Gasteiger partial charge in [0.15, 0.2) is 0 Å². The Labute approximate surface area is 142 Å². The quantitative estimate of drug-likeness (QED) is 0.657. The molecule has 0 saturated heterocycles. The highest BCUT2D eigenvalue weighted by Crippen LogP contribution is 2.38. The molecular formula is C14H7Br2ClN2O2. The summed E-state index contributed by atoms with van der Waals surface area (Å²) < 4.78 is 1.05. The number of phenols is 1. The van der Waals surface area contributed by atoms with Crippen LogP contribution in [0.1, 0.15) is 11.1 Å². The Morgan fingerprint density at radius 3 is 2.62 bits per heavy atom. The first kappa shape index (κ1) is 14.6. The van der Waals surface area contributed by atoms with Crippen LogP contribution in [0, 0.1) is 0 Å². The van der Waals surface area contributed by atoms with Crippen molar-refractivity contribution in [3.8, 4) is 5.75 Å².